The van der Waals surface area contributed by atoms with Crippen LogP contribution in [0, 0.1) is 0 Å². The van der Waals surface area contributed by atoms with Crippen molar-refractivity contribution in [2.45, 2.75) is 41.4 Å². The normalized spacial score (nSPS) is 29.2. The molecule has 0 aromatic carbocycles. The zero-order chi connectivity index (χ0) is 12.5. The van der Waals surface area contributed by atoms with E-state index in [9.17, 15) is 4.79 Å². The third-order valence-corrected chi connectivity index (χ3v) is 4.43. The third-order valence-electron chi connectivity index (χ3n) is 3.22. The van der Waals surface area contributed by atoms with Crippen molar-refractivity contribution in [2.75, 3.05) is 0 Å². The molecule has 1 aliphatic rings. The Kier molecular flexibility index (Phi) is 3.44. The van der Waals surface area contributed by atoms with Gasteiger partial charge in [-0.3, -0.25) is 9.48 Å². The lowest BCUT2D eigenvalue weighted by molar-refractivity contribution is -0.124. The van der Waals surface area contributed by atoms with Crippen molar-refractivity contribution in [1.29, 1.82) is 0 Å². The molecule has 1 aromatic rings. The van der Waals surface area contributed by atoms with E-state index in [1.54, 1.807) is 16.4 Å². The third kappa shape index (κ3) is 2.81. The fourth-order valence-corrected chi connectivity index (χ4v) is 3.60. The van der Waals surface area contributed by atoms with Gasteiger partial charge in [-0.15, -0.1) is 11.8 Å². The zero-order valence-corrected chi connectivity index (χ0v) is 10.7. The van der Waals surface area contributed by atoms with Gasteiger partial charge in [0.15, 0.2) is 0 Å². The van der Waals surface area contributed by atoms with E-state index in [0.717, 1.165) is 17.7 Å². The minimum absolute atomic E-state index is 0.352. The summed E-state index contributed by atoms with van der Waals surface area (Å²) in [6, 6.07) is 0. The first-order chi connectivity index (χ1) is 7.99. The van der Waals surface area contributed by atoms with Crippen molar-refractivity contribution in [2.24, 2.45) is 18.5 Å². The lowest BCUT2D eigenvalue weighted by atomic mass is 9.82. The molecular formula is C11H18N4OS. The van der Waals surface area contributed by atoms with E-state index >= 15 is 0 Å². The van der Waals surface area contributed by atoms with Crippen LogP contribution in [0.25, 0.3) is 0 Å². The largest absolute Gasteiger partial charge is 0.368 e. The highest BCUT2D eigenvalue weighted by atomic mass is 32.2. The molecule has 1 heterocycles. The highest BCUT2D eigenvalue weighted by Crippen LogP contribution is 2.36. The topological polar surface area (TPSA) is 86.9 Å². The van der Waals surface area contributed by atoms with E-state index in [1.165, 1.54) is 0 Å². The predicted molar refractivity (Wildman–Crippen MR) is 67.4 cm³/mol. The predicted octanol–water partition coefficient (Wildman–Crippen LogP) is 0.638. The number of aryl methyl sites for hydroxylation is 1. The number of hydrogen-bond donors (Lipinski definition) is 2. The number of nitrogens with zero attached hydrogens (tertiary/aromatic N) is 2. The van der Waals surface area contributed by atoms with Gasteiger partial charge >= 0.3 is 0 Å². The number of thioether (sulfide) groups is 1. The minimum atomic E-state index is -0.821. The summed E-state index contributed by atoms with van der Waals surface area (Å²) in [6.45, 7) is 0. The first-order valence-electron chi connectivity index (χ1n) is 5.74. The van der Waals surface area contributed by atoms with E-state index in [4.69, 9.17) is 11.5 Å². The maximum atomic E-state index is 11.3. The molecule has 2 rings (SSSR count). The molecule has 1 aromatic heterocycles. The highest BCUT2D eigenvalue weighted by molar-refractivity contribution is 8.00. The van der Waals surface area contributed by atoms with Gasteiger partial charge in [-0.05, 0) is 25.7 Å². The minimum Gasteiger partial charge on any atom is -0.368 e. The molecule has 0 saturated heterocycles. The second-order valence-corrected chi connectivity index (χ2v) is 6.08. The summed E-state index contributed by atoms with van der Waals surface area (Å²) in [5.41, 5.74) is 10.6. The number of hydrogen-bond acceptors (Lipinski definition) is 4. The summed E-state index contributed by atoms with van der Waals surface area (Å²) < 4.78 is 1.77. The number of aromatic nitrogens is 2. The molecule has 5 nitrogen and oxygen atoms in total. The molecule has 4 N–H and O–H groups in total. The van der Waals surface area contributed by atoms with Crippen molar-refractivity contribution < 1.29 is 4.79 Å². The monoisotopic (exact) mass is 254 g/mol. The van der Waals surface area contributed by atoms with E-state index < -0.39 is 5.54 Å². The van der Waals surface area contributed by atoms with E-state index in [2.05, 4.69) is 5.10 Å². The molecule has 2 unspecified atom stereocenters. The highest BCUT2D eigenvalue weighted by Gasteiger charge is 2.38. The first-order valence-corrected chi connectivity index (χ1v) is 6.62. The van der Waals surface area contributed by atoms with Crippen LogP contribution in [0.5, 0.6) is 0 Å². The van der Waals surface area contributed by atoms with Crippen LogP contribution in [-0.2, 0) is 11.8 Å². The fourth-order valence-electron chi connectivity index (χ4n) is 2.23. The summed E-state index contributed by atoms with van der Waals surface area (Å²) in [5, 5.41) is 4.48. The van der Waals surface area contributed by atoms with Crippen LogP contribution < -0.4 is 11.5 Å². The number of rotatable bonds is 3. The van der Waals surface area contributed by atoms with Crippen LogP contribution in [0.15, 0.2) is 17.3 Å². The van der Waals surface area contributed by atoms with E-state index in [1.807, 2.05) is 19.4 Å². The number of nitrogens with two attached hydrogens (primary N) is 2. The summed E-state index contributed by atoms with van der Waals surface area (Å²) >= 11 is 1.73. The van der Waals surface area contributed by atoms with Crippen LogP contribution in [-0.4, -0.2) is 26.5 Å². The van der Waals surface area contributed by atoms with Gasteiger partial charge < -0.3 is 11.5 Å². The summed E-state index contributed by atoms with van der Waals surface area (Å²) in [6.07, 6.45) is 7.20. The zero-order valence-electron chi connectivity index (χ0n) is 9.93. The molecular weight excluding hydrogens is 236 g/mol. The molecule has 0 aliphatic heterocycles. The molecule has 6 heteroatoms. The van der Waals surface area contributed by atoms with E-state index in [0.29, 0.717) is 18.1 Å². The van der Waals surface area contributed by atoms with Gasteiger partial charge in [0.25, 0.3) is 0 Å². The molecule has 2 atom stereocenters. The second kappa shape index (κ2) is 4.70. The maximum Gasteiger partial charge on any atom is 0.237 e. The Morgan fingerprint density at radius 1 is 1.71 bits per heavy atom. The Balaban J connectivity index is 2.00. The van der Waals surface area contributed by atoms with Gasteiger partial charge in [0.1, 0.15) is 0 Å². The molecule has 1 amide bonds. The van der Waals surface area contributed by atoms with Crippen molar-refractivity contribution in [3.63, 3.8) is 0 Å². The summed E-state index contributed by atoms with van der Waals surface area (Å²) in [7, 11) is 1.89. The standard InChI is InChI=1S/C11H18N4OS/c1-15-7-9(6-14-15)17-8-3-2-4-11(13,5-8)10(12)16/h6-8H,2-5,13H2,1H3,(H2,12,16). The fraction of sp³-hybridized carbons (Fsp3) is 0.636. The second-order valence-electron chi connectivity index (χ2n) is 4.71. The van der Waals surface area contributed by atoms with Crippen molar-refractivity contribution >= 4 is 17.7 Å². The summed E-state index contributed by atoms with van der Waals surface area (Å²) in [5.74, 6) is -0.381. The molecule has 94 valence electrons. The first kappa shape index (κ1) is 12.4. The van der Waals surface area contributed by atoms with Gasteiger partial charge in [-0.25, -0.2) is 0 Å². The van der Waals surface area contributed by atoms with Crippen LogP contribution in [0.3, 0.4) is 0 Å². The number of amides is 1. The Morgan fingerprint density at radius 2 is 2.47 bits per heavy atom. The van der Waals surface area contributed by atoms with Crippen molar-refractivity contribution in [3.8, 4) is 0 Å². The average molecular weight is 254 g/mol. The lowest BCUT2D eigenvalue weighted by Gasteiger charge is -2.34. The van der Waals surface area contributed by atoms with Crippen molar-refractivity contribution in [3.05, 3.63) is 12.4 Å². The van der Waals surface area contributed by atoms with E-state index in [-0.39, 0.29) is 5.91 Å². The van der Waals surface area contributed by atoms with Gasteiger partial charge in [0, 0.05) is 23.4 Å². The lowest BCUT2D eigenvalue weighted by Crippen LogP contribution is -2.55. The summed E-state index contributed by atoms with van der Waals surface area (Å²) in [4.78, 5) is 12.5. The Labute approximate surface area is 105 Å². The van der Waals surface area contributed by atoms with Crippen LogP contribution in [0.4, 0.5) is 0 Å². The Morgan fingerprint density at radius 3 is 3.06 bits per heavy atom. The SMILES string of the molecule is Cn1cc(SC2CCCC(N)(C(N)=O)C2)cn1. The quantitative estimate of drug-likeness (QED) is 0.828. The molecule has 1 fully saturated rings. The molecule has 1 saturated carbocycles. The number of carbonyl (C=O) groups excluding carboxylic acids is 1. The van der Waals surface area contributed by atoms with Gasteiger partial charge in [-0.1, -0.05) is 0 Å². The van der Waals surface area contributed by atoms with Crippen LogP contribution in [0.2, 0.25) is 0 Å². The van der Waals surface area contributed by atoms with Gasteiger partial charge in [0.05, 0.1) is 11.7 Å². The molecule has 0 radical (unpaired) electrons. The number of primary amides is 1. The van der Waals surface area contributed by atoms with Gasteiger partial charge in [-0.2, -0.15) is 5.10 Å². The van der Waals surface area contributed by atoms with Gasteiger partial charge in [0.2, 0.25) is 5.91 Å². The molecule has 17 heavy (non-hydrogen) atoms. The smallest absolute Gasteiger partial charge is 0.237 e. The van der Waals surface area contributed by atoms with Crippen LogP contribution in [0.1, 0.15) is 25.7 Å². The van der Waals surface area contributed by atoms with Crippen LogP contribution >= 0.6 is 11.8 Å². The number of carbonyl (C=O) groups is 1. The molecule has 0 bridgehead atoms. The maximum absolute atomic E-state index is 11.3. The Bertz CT molecular complexity index is 419. The average Bonchev–Trinajstić information content (AvgIpc) is 2.64. The molecule has 0 spiro atoms. The Hall–Kier alpha value is -1.01. The molecule has 1 aliphatic carbocycles. The van der Waals surface area contributed by atoms with Crippen molar-refractivity contribution in [1.82, 2.24) is 9.78 Å².